The number of carbonyl (C=O) groups excluding carboxylic acids is 1. The molecule has 1 aromatic heterocycles. The summed E-state index contributed by atoms with van der Waals surface area (Å²) in [6, 6.07) is 8.86. The van der Waals surface area contributed by atoms with E-state index in [0.29, 0.717) is 12.0 Å². The Morgan fingerprint density at radius 3 is 2.40 bits per heavy atom. The summed E-state index contributed by atoms with van der Waals surface area (Å²) in [6.07, 6.45) is 1.44. The van der Waals surface area contributed by atoms with E-state index in [-0.39, 0.29) is 16.5 Å². The average molecular weight is 312 g/mol. The molecule has 6 nitrogen and oxygen atoms in total. The van der Waals surface area contributed by atoms with Crippen molar-refractivity contribution in [3.63, 3.8) is 0 Å². The number of nitrogens with one attached hydrogen (secondary N) is 1. The molecule has 0 saturated carbocycles. The van der Waals surface area contributed by atoms with Crippen LogP contribution >= 0.6 is 11.6 Å². The Morgan fingerprint density at radius 2 is 1.85 bits per heavy atom. The van der Waals surface area contributed by atoms with Crippen molar-refractivity contribution in [3.05, 3.63) is 41.0 Å². The molecule has 0 aliphatic carbocycles. The van der Waals surface area contributed by atoms with Gasteiger partial charge in [-0.3, -0.25) is 4.79 Å². The zero-order chi connectivity index (χ0) is 14.8. The largest absolute Gasteiger partial charge is 0.339 e. The number of aromatic nitrogens is 2. The molecule has 0 unspecified atom stereocenters. The number of anilines is 2. The van der Waals surface area contributed by atoms with Gasteiger partial charge in [-0.25, -0.2) is 13.4 Å². The Balaban J connectivity index is 2.55. The van der Waals surface area contributed by atoms with Crippen LogP contribution in [0.5, 0.6) is 0 Å². The van der Waals surface area contributed by atoms with E-state index in [2.05, 4.69) is 15.3 Å². The molecule has 2 rings (SSSR count). The van der Waals surface area contributed by atoms with E-state index in [0.717, 1.165) is 6.26 Å². The first-order valence-electron chi connectivity index (χ1n) is 5.46. The quantitative estimate of drug-likeness (QED) is 0.528. The molecule has 0 atom stereocenters. The summed E-state index contributed by atoms with van der Waals surface area (Å²) in [5.41, 5.74) is 0.646. The minimum atomic E-state index is -3.63. The zero-order valence-corrected chi connectivity index (χ0v) is 11.9. The van der Waals surface area contributed by atoms with Gasteiger partial charge in [0, 0.05) is 11.9 Å². The van der Waals surface area contributed by atoms with Gasteiger partial charge < -0.3 is 5.32 Å². The number of carbonyl (C=O) groups is 1. The lowest BCUT2D eigenvalue weighted by Crippen LogP contribution is -2.09. The van der Waals surface area contributed by atoms with Crippen molar-refractivity contribution in [3.8, 4) is 0 Å². The Kier molecular flexibility index (Phi) is 4.01. The van der Waals surface area contributed by atoms with Crippen LogP contribution in [-0.2, 0) is 9.84 Å². The maximum Gasteiger partial charge on any atom is 0.250 e. The first-order valence-corrected chi connectivity index (χ1v) is 7.73. The van der Waals surface area contributed by atoms with Crippen molar-refractivity contribution in [2.24, 2.45) is 0 Å². The topological polar surface area (TPSA) is 89.0 Å². The first kappa shape index (κ1) is 14.4. The van der Waals surface area contributed by atoms with Crippen LogP contribution in [0.2, 0.25) is 5.15 Å². The Bertz CT molecular complexity index is 748. The number of aldehydes is 1. The molecule has 0 amide bonds. The van der Waals surface area contributed by atoms with Crippen LogP contribution in [0.1, 0.15) is 10.4 Å². The summed E-state index contributed by atoms with van der Waals surface area (Å²) < 4.78 is 23.0. The molecule has 1 heterocycles. The summed E-state index contributed by atoms with van der Waals surface area (Å²) in [4.78, 5) is 18.5. The second-order valence-electron chi connectivity index (χ2n) is 3.94. The monoisotopic (exact) mass is 311 g/mol. The predicted molar refractivity (Wildman–Crippen MR) is 75.3 cm³/mol. The Hall–Kier alpha value is -1.99. The maximum atomic E-state index is 11.5. The van der Waals surface area contributed by atoms with E-state index < -0.39 is 15.0 Å². The molecule has 0 fully saturated rings. The van der Waals surface area contributed by atoms with Crippen LogP contribution in [0.3, 0.4) is 0 Å². The smallest absolute Gasteiger partial charge is 0.250 e. The molecule has 0 spiro atoms. The molecule has 104 valence electrons. The standard InChI is InChI=1S/C12H10ClN3O3S/c1-20(18,19)12-15-10(13)9(7-17)11(16-12)14-8-5-3-2-4-6-8/h2-7H,1H3,(H,14,15,16). The summed E-state index contributed by atoms with van der Waals surface area (Å²) >= 11 is 5.82. The molecule has 0 radical (unpaired) electrons. The average Bonchev–Trinajstić information content (AvgIpc) is 2.38. The van der Waals surface area contributed by atoms with Gasteiger partial charge in [0.25, 0.3) is 0 Å². The maximum absolute atomic E-state index is 11.5. The van der Waals surface area contributed by atoms with Crippen molar-refractivity contribution in [1.29, 1.82) is 0 Å². The lowest BCUT2D eigenvalue weighted by molar-refractivity contribution is 0.112. The van der Waals surface area contributed by atoms with Crippen LogP contribution in [0.25, 0.3) is 0 Å². The molecular weight excluding hydrogens is 302 g/mol. The molecule has 0 aliphatic heterocycles. The molecular formula is C12H10ClN3O3S. The lowest BCUT2D eigenvalue weighted by atomic mass is 10.3. The highest BCUT2D eigenvalue weighted by Gasteiger charge is 2.18. The van der Waals surface area contributed by atoms with Crippen LogP contribution in [-0.4, -0.2) is 30.9 Å². The summed E-state index contributed by atoms with van der Waals surface area (Å²) in [5, 5.41) is 2.19. The highest BCUT2D eigenvalue weighted by molar-refractivity contribution is 7.90. The van der Waals surface area contributed by atoms with Crippen LogP contribution in [0, 0.1) is 0 Å². The summed E-state index contributed by atoms with van der Waals surface area (Å²) in [7, 11) is -3.63. The van der Waals surface area contributed by atoms with Gasteiger partial charge in [-0.15, -0.1) is 0 Å². The molecule has 20 heavy (non-hydrogen) atoms. The predicted octanol–water partition coefficient (Wildman–Crippen LogP) is 2.09. The second-order valence-corrected chi connectivity index (χ2v) is 6.21. The summed E-state index contributed by atoms with van der Waals surface area (Å²) in [6.45, 7) is 0. The van der Waals surface area contributed by atoms with Crippen molar-refractivity contribution < 1.29 is 13.2 Å². The lowest BCUT2D eigenvalue weighted by Gasteiger charge is -2.09. The van der Waals surface area contributed by atoms with E-state index in [1.807, 2.05) is 6.07 Å². The van der Waals surface area contributed by atoms with Gasteiger partial charge in [-0.2, -0.15) is 4.98 Å². The number of nitrogens with zero attached hydrogens (tertiary/aromatic N) is 2. The van der Waals surface area contributed by atoms with E-state index >= 15 is 0 Å². The number of rotatable bonds is 4. The van der Waals surface area contributed by atoms with E-state index in [1.165, 1.54) is 0 Å². The minimum Gasteiger partial charge on any atom is -0.339 e. The molecule has 1 N–H and O–H groups in total. The number of hydrogen-bond donors (Lipinski definition) is 1. The number of para-hydroxylation sites is 1. The van der Waals surface area contributed by atoms with Crippen molar-refractivity contribution in [2.45, 2.75) is 5.16 Å². The highest BCUT2D eigenvalue weighted by atomic mass is 35.5. The third-order valence-electron chi connectivity index (χ3n) is 2.36. The number of sulfone groups is 1. The third-order valence-corrected chi connectivity index (χ3v) is 3.50. The molecule has 8 heteroatoms. The van der Waals surface area contributed by atoms with Gasteiger partial charge >= 0.3 is 0 Å². The molecule has 1 aromatic carbocycles. The van der Waals surface area contributed by atoms with E-state index in [9.17, 15) is 13.2 Å². The number of hydrogen-bond acceptors (Lipinski definition) is 6. The van der Waals surface area contributed by atoms with Gasteiger partial charge in [-0.1, -0.05) is 29.8 Å². The number of halogens is 1. The molecule has 0 aliphatic rings. The molecule has 0 bridgehead atoms. The van der Waals surface area contributed by atoms with Gasteiger partial charge in [0.2, 0.25) is 15.0 Å². The second kappa shape index (κ2) is 5.56. The van der Waals surface area contributed by atoms with Crippen molar-refractivity contribution >= 4 is 39.2 Å². The molecule has 0 saturated heterocycles. The Labute approximate surface area is 120 Å². The van der Waals surface area contributed by atoms with Crippen LogP contribution < -0.4 is 5.32 Å². The Morgan fingerprint density at radius 1 is 1.20 bits per heavy atom. The van der Waals surface area contributed by atoms with E-state index in [1.54, 1.807) is 24.3 Å². The zero-order valence-electron chi connectivity index (χ0n) is 10.4. The summed E-state index contributed by atoms with van der Waals surface area (Å²) in [5.74, 6) is 0.0478. The normalized spacial score (nSPS) is 11.1. The third kappa shape index (κ3) is 3.12. The fourth-order valence-corrected chi connectivity index (χ4v) is 2.22. The fraction of sp³-hybridized carbons (Fsp3) is 0.0833. The number of benzene rings is 1. The van der Waals surface area contributed by atoms with E-state index in [4.69, 9.17) is 11.6 Å². The van der Waals surface area contributed by atoms with Gasteiger partial charge in [0.15, 0.2) is 6.29 Å². The minimum absolute atomic E-state index is 0.00270. The van der Waals surface area contributed by atoms with Crippen LogP contribution in [0.15, 0.2) is 35.5 Å². The van der Waals surface area contributed by atoms with Crippen LogP contribution in [0.4, 0.5) is 11.5 Å². The SMILES string of the molecule is CS(=O)(=O)c1nc(Cl)c(C=O)c(Nc2ccccc2)n1. The van der Waals surface area contributed by atoms with Gasteiger partial charge in [-0.05, 0) is 12.1 Å². The van der Waals surface area contributed by atoms with Gasteiger partial charge in [0.05, 0.1) is 5.56 Å². The first-order chi connectivity index (χ1) is 9.41. The van der Waals surface area contributed by atoms with Crippen molar-refractivity contribution in [2.75, 3.05) is 11.6 Å². The van der Waals surface area contributed by atoms with Crippen molar-refractivity contribution in [1.82, 2.24) is 9.97 Å². The molecule has 2 aromatic rings. The fourth-order valence-electron chi connectivity index (χ4n) is 1.45. The highest BCUT2D eigenvalue weighted by Crippen LogP contribution is 2.24. The van der Waals surface area contributed by atoms with Gasteiger partial charge in [0.1, 0.15) is 11.0 Å².